The van der Waals surface area contributed by atoms with Crippen molar-refractivity contribution in [3.8, 4) is 0 Å². The first-order valence-electron chi connectivity index (χ1n) is 4.43. The van der Waals surface area contributed by atoms with E-state index < -0.39 is 0 Å². The summed E-state index contributed by atoms with van der Waals surface area (Å²) in [6.07, 6.45) is 1.05. The Labute approximate surface area is 92.8 Å². The average Bonchev–Trinajstić information content (AvgIpc) is 2.17. The third-order valence-corrected chi connectivity index (χ3v) is 3.19. The Balaban J connectivity index is 2.99. The van der Waals surface area contributed by atoms with Crippen LogP contribution in [0.3, 0.4) is 0 Å². The molecule has 0 amide bonds. The minimum absolute atomic E-state index is 0.0256. The van der Waals surface area contributed by atoms with Gasteiger partial charge in [-0.05, 0) is 46.2 Å². The van der Waals surface area contributed by atoms with Crippen LogP contribution in [0.25, 0.3) is 0 Å². The Morgan fingerprint density at radius 3 is 2.69 bits per heavy atom. The third-order valence-electron chi connectivity index (χ3n) is 2.13. The van der Waals surface area contributed by atoms with E-state index in [0.29, 0.717) is 6.54 Å². The molecule has 0 aliphatic heterocycles. The van der Waals surface area contributed by atoms with E-state index in [1.807, 2.05) is 0 Å². The summed E-state index contributed by atoms with van der Waals surface area (Å²) < 4.78 is 1.30. The Bertz CT molecular complexity index is 286. The van der Waals surface area contributed by atoms with E-state index in [-0.39, 0.29) is 6.04 Å². The second-order valence-corrected chi connectivity index (χ2v) is 4.21. The minimum atomic E-state index is -0.0256. The molecule has 1 aromatic rings. The third kappa shape index (κ3) is 2.65. The van der Waals surface area contributed by atoms with Crippen molar-refractivity contribution in [3.05, 3.63) is 32.9 Å². The summed E-state index contributed by atoms with van der Waals surface area (Å²) in [5.41, 5.74) is 13.8. The van der Waals surface area contributed by atoms with Gasteiger partial charge in [-0.25, -0.2) is 0 Å². The zero-order valence-electron chi connectivity index (χ0n) is 7.76. The quantitative estimate of drug-likeness (QED) is 0.834. The number of hydrogen-bond donors (Lipinski definition) is 2. The van der Waals surface area contributed by atoms with Gasteiger partial charge >= 0.3 is 0 Å². The molecule has 0 saturated heterocycles. The summed E-state index contributed by atoms with van der Waals surface area (Å²) in [7, 11) is 0. The Hall–Kier alpha value is -0.130. The van der Waals surface area contributed by atoms with Crippen LogP contribution in [0.15, 0.2) is 18.2 Å². The number of hydrogen-bond acceptors (Lipinski definition) is 2. The number of rotatable bonds is 3. The number of halogens is 1. The lowest BCUT2D eigenvalue weighted by molar-refractivity contribution is 0.735. The van der Waals surface area contributed by atoms with Gasteiger partial charge in [-0.2, -0.15) is 0 Å². The van der Waals surface area contributed by atoms with E-state index in [2.05, 4.69) is 47.7 Å². The van der Waals surface area contributed by atoms with Crippen molar-refractivity contribution in [1.82, 2.24) is 0 Å². The summed E-state index contributed by atoms with van der Waals surface area (Å²) in [4.78, 5) is 0. The van der Waals surface area contributed by atoms with Gasteiger partial charge < -0.3 is 11.5 Å². The maximum absolute atomic E-state index is 5.84. The molecule has 1 atom stereocenters. The van der Waals surface area contributed by atoms with Crippen molar-refractivity contribution >= 4 is 22.6 Å². The van der Waals surface area contributed by atoms with E-state index >= 15 is 0 Å². The maximum atomic E-state index is 5.84. The highest BCUT2D eigenvalue weighted by Gasteiger charge is 2.05. The number of benzene rings is 1. The number of nitrogens with two attached hydrogens (primary N) is 2. The first kappa shape index (κ1) is 10.9. The van der Waals surface area contributed by atoms with E-state index in [1.165, 1.54) is 9.13 Å². The monoisotopic (exact) mass is 290 g/mol. The van der Waals surface area contributed by atoms with E-state index in [9.17, 15) is 0 Å². The van der Waals surface area contributed by atoms with Crippen LogP contribution in [-0.4, -0.2) is 6.54 Å². The van der Waals surface area contributed by atoms with Crippen LogP contribution in [0, 0.1) is 3.57 Å². The van der Waals surface area contributed by atoms with Crippen LogP contribution in [0.2, 0.25) is 0 Å². The molecule has 0 aromatic heterocycles. The zero-order chi connectivity index (χ0) is 9.84. The van der Waals surface area contributed by atoms with E-state index in [0.717, 1.165) is 12.0 Å². The van der Waals surface area contributed by atoms with Gasteiger partial charge in [0.1, 0.15) is 0 Å². The van der Waals surface area contributed by atoms with Crippen molar-refractivity contribution in [2.75, 3.05) is 6.54 Å². The Morgan fingerprint density at radius 1 is 1.46 bits per heavy atom. The maximum Gasteiger partial charge on any atom is 0.0419 e. The van der Waals surface area contributed by atoms with Gasteiger partial charge in [0.15, 0.2) is 0 Å². The standard InChI is InChI=1S/C10H15IN2/c1-2-7-5-8(10(13)6-12)3-4-9(7)11/h3-5,10H,2,6,12-13H2,1H3. The highest BCUT2D eigenvalue weighted by atomic mass is 127. The summed E-state index contributed by atoms with van der Waals surface area (Å²) in [6.45, 7) is 2.65. The van der Waals surface area contributed by atoms with Gasteiger partial charge in [-0.3, -0.25) is 0 Å². The van der Waals surface area contributed by atoms with Gasteiger partial charge in [0, 0.05) is 16.2 Å². The van der Waals surface area contributed by atoms with Crippen molar-refractivity contribution in [3.63, 3.8) is 0 Å². The average molecular weight is 290 g/mol. The zero-order valence-corrected chi connectivity index (χ0v) is 9.91. The van der Waals surface area contributed by atoms with Crippen molar-refractivity contribution < 1.29 is 0 Å². The second kappa shape index (κ2) is 4.93. The van der Waals surface area contributed by atoms with Crippen LogP contribution in [-0.2, 0) is 6.42 Å². The van der Waals surface area contributed by atoms with Crippen LogP contribution < -0.4 is 11.5 Å². The largest absolute Gasteiger partial charge is 0.329 e. The molecule has 0 bridgehead atoms. The molecule has 0 saturated carbocycles. The molecular weight excluding hydrogens is 275 g/mol. The predicted molar refractivity (Wildman–Crippen MR) is 64.5 cm³/mol. The molecule has 0 heterocycles. The lowest BCUT2D eigenvalue weighted by atomic mass is 10.0. The molecule has 1 aromatic carbocycles. The summed E-state index contributed by atoms with van der Waals surface area (Å²) in [5.74, 6) is 0. The van der Waals surface area contributed by atoms with Crippen LogP contribution in [0.4, 0.5) is 0 Å². The van der Waals surface area contributed by atoms with Crippen molar-refractivity contribution in [2.24, 2.45) is 11.5 Å². The molecule has 13 heavy (non-hydrogen) atoms. The molecule has 2 nitrogen and oxygen atoms in total. The molecular formula is C10H15IN2. The van der Waals surface area contributed by atoms with Crippen LogP contribution >= 0.6 is 22.6 Å². The highest BCUT2D eigenvalue weighted by molar-refractivity contribution is 14.1. The van der Waals surface area contributed by atoms with E-state index in [4.69, 9.17) is 11.5 Å². The highest BCUT2D eigenvalue weighted by Crippen LogP contribution is 2.18. The fourth-order valence-corrected chi connectivity index (χ4v) is 1.95. The fraction of sp³-hybridized carbons (Fsp3) is 0.400. The second-order valence-electron chi connectivity index (χ2n) is 3.05. The molecule has 4 N–H and O–H groups in total. The molecule has 0 fully saturated rings. The minimum Gasteiger partial charge on any atom is -0.329 e. The first-order chi connectivity index (χ1) is 6.19. The lowest BCUT2D eigenvalue weighted by Crippen LogP contribution is -2.20. The molecule has 3 heteroatoms. The summed E-state index contributed by atoms with van der Waals surface area (Å²) in [6, 6.07) is 6.28. The predicted octanol–water partition coefficient (Wildman–Crippen LogP) is 1.81. The molecule has 0 spiro atoms. The smallest absolute Gasteiger partial charge is 0.0419 e. The topological polar surface area (TPSA) is 52.0 Å². The Kier molecular flexibility index (Phi) is 4.15. The van der Waals surface area contributed by atoms with Gasteiger partial charge in [0.25, 0.3) is 0 Å². The summed E-state index contributed by atoms with van der Waals surface area (Å²) >= 11 is 2.34. The van der Waals surface area contributed by atoms with Gasteiger partial charge in [0.05, 0.1) is 0 Å². The molecule has 1 rings (SSSR count). The molecule has 1 unspecified atom stereocenters. The van der Waals surface area contributed by atoms with Gasteiger partial charge in [-0.15, -0.1) is 0 Å². The normalized spacial score (nSPS) is 12.9. The first-order valence-corrected chi connectivity index (χ1v) is 5.50. The molecule has 0 radical (unpaired) electrons. The molecule has 0 aliphatic carbocycles. The number of aryl methyl sites for hydroxylation is 1. The van der Waals surface area contributed by atoms with Crippen LogP contribution in [0.1, 0.15) is 24.1 Å². The Morgan fingerprint density at radius 2 is 2.15 bits per heavy atom. The van der Waals surface area contributed by atoms with Crippen molar-refractivity contribution in [2.45, 2.75) is 19.4 Å². The van der Waals surface area contributed by atoms with Crippen LogP contribution in [0.5, 0.6) is 0 Å². The van der Waals surface area contributed by atoms with Crippen molar-refractivity contribution in [1.29, 1.82) is 0 Å². The summed E-state index contributed by atoms with van der Waals surface area (Å²) in [5, 5.41) is 0. The fourth-order valence-electron chi connectivity index (χ4n) is 1.23. The molecule has 72 valence electrons. The van der Waals surface area contributed by atoms with Gasteiger partial charge in [-0.1, -0.05) is 19.1 Å². The molecule has 0 aliphatic rings. The SMILES string of the molecule is CCc1cc(C(N)CN)ccc1I. The van der Waals surface area contributed by atoms with Gasteiger partial charge in [0.2, 0.25) is 0 Å². The van der Waals surface area contributed by atoms with E-state index in [1.54, 1.807) is 0 Å². The lowest BCUT2D eigenvalue weighted by Gasteiger charge is -2.11.